The molecular formula is C17H19NS2. The average molecular weight is 301 g/mol. The molecule has 1 nitrogen and oxygen atoms in total. The van der Waals surface area contributed by atoms with Crippen LogP contribution >= 0.6 is 23.5 Å². The normalized spacial score (nSPS) is 17.1. The predicted molar refractivity (Wildman–Crippen MR) is 89.8 cm³/mol. The van der Waals surface area contributed by atoms with Gasteiger partial charge in [0.25, 0.3) is 0 Å². The molecule has 0 fully saturated rings. The molecule has 3 heteroatoms. The lowest BCUT2D eigenvalue weighted by molar-refractivity contribution is 0.694. The minimum atomic E-state index is 0.703. The van der Waals surface area contributed by atoms with Crippen LogP contribution in [0.2, 0.25) is 0 Å². The number of hydrogen-bond acceptors (Lipinski definition) is 3. The van der Waals surface area contributed by atoms with E-state index in [0.29, 0.717) is 5.25 Å². The lowest BCUT2D eigenvalue weighted by atomic mass is 10.1. The molecule has 0 spiro atoms. The third-order valence-corrected chi connectivity index (χ3v) is 5.71. The lowest BCUT2D eigenvalue weighted by Crippen LogP contribution is -2.26. The summed E-state index contributed by atoms with van der Waals surface area (Å²) in [6.45, 7) is 2.18. The van der Waals surface area contributed by atoms with Crippen LogP contribution < -0.4 is 5.32 Å². The van der Waals surface area contributed by atoms with E-state index in [0.717, 1.165) is 18.8 Å². The Kier molecular flexibility index (Phi) is 5.06. The first-order valence-corrected chi connectivity index (χ1v) is 8.91. The standard InChI is InChI=1S/C17H19NS2/c1-2-7-15(8-3-1)19-11-10-18-13-16-12-14-6-4-5-9-17(14)20-16/h1-9,16,18H,10-13H2. The summed E-state index contributed by atoms with van der Waals surface area (Å²) in [5.74, 6) is 1.13. The molecule has 0 aliphatic carbocycles. The smallest absolute Gasteiger partial charge is 0.0260 e. The van der Waals surface area contributed by atoms with Crippen LogP contribution in [-0.2, 0) is 6.42 Å². The highest BCUT2D eigenvalue weighted by Gasteiger charge is 2.20. The van der Waals surface area contributed by atoms with Gasteiger partial charge in [0.1, 0.15) is 0 Å². The Labute approximate surface area is 129 Å². The van der Waals surface area contributed by atoms with E-state index in [-0.39, 0.29) is 0 Å². The largest absolute Gasteiger partial charge is 0.315 e. The van der Waals surface area contributed by atoms with Gasteiger partial charge in [-0.3, -0.25) is 0 Å². The molecule has 0 aromatic heterocycles. The second-order valence-electron chi connectivity index (χ2n) is 4.92. The molecule has 0 amide bonds. The number of benzene rings is 2. The van der Waals surface area contributed by atoms with Crippen molar-refractivity contribution in [3.05, 3.63) is 60.2 Å². The minimum Gasteiger partial charge on any atom is -0.315 e. The van der Waals surface area contributed by atoms with Crippen LogP contribution in [0, 0.1) is 0 Å². The highest BCUT2D eigenvalue weighted by molar-refractivity contribution is 8.00. The fraction of sp³-hybridized carbons (Fsp3) is 0.294. The maximum atomic E-state index is 3.59. The van der Waals surface area contributed by atoms with Gasteiger partial charge in [0.05, 0.1) is 0 Å². The summed E-state index contributed by atoms with van der Waals surface area (Å²) in [4.78, 5) is 2.83. The Morgan fingerprint density at radius 3 is 2.70 bits per heavy atom. The zero-order chi connectivity index (χ0) is 13.6. The van der Waals surface area contributed by atoms with Gasteiger partial charge in [0.15, 0.2) is 0 Å². The second-order valence-corrected chi connectivity index (χ2v) is 7.43. The van der Waals surface area contributed by atoms with Crippen LogP contribution in [0.1, 0.15) is 5.56 Å². The number of fused-ring (bicyclic) bond motifs is 1. The van der Waals surface area contributed by atoms with Crippen LogP contribution in [0.15, 0.2) is 64.4 Å². The first-order chi connectivity index (χ1) is 9.92. The predicted octanol–water partition coefficient (Wildman–Crippen LogP) is 4.09. The van der Waals surface area contributed by atoms with Crippen molar-refractivity contribution in [2.75, 3.05) is 18.8 Å². The summed E-state index contributed by atoms with van der Waals surface area (Å²) in [5.41, 5.74) is 1.52. The Balaban J connectivity index is 1.34. The maximum absolute atomic E-state index is 3.59. The van der Waals surface area contributed by atoms with E-state index >= 15 is 0 Å². The molecule has 0 saturated carbocycles. The van der Waals surface area contributed by atoms with Crippen LogP contribution in [0.5, 0.6) is 0 Å². The van der Waals surface area contributed by atoms with Gasteiger partial charge in [-0.15, -0.1) is 23.5 Å². The SMILES string of the molecule is c1ccc(SCCNCC2Cc3ccccc3S2)cc1. The minimum absolute atomic E-state index is 0.703. The van der Waals surface area contributed by atoms with E-state index < -0.39 is 0 Å². The molecule has 1 N–H and O–H groups in total. The molecule has 0 radical (unpaired) electrons. The van der Waals surface area contributed by atoms with Gasteiger partial charge in [-0.2, -0.15) is 0 Å². The molecule has 1 heterocycles. The molecule has 20 heavy (non-hydrogen) atoms. The number of nitrogens with one attached hydrogen (secondary N) is 1. The lowest BCUT2D eigenvalue weighted by Gasteiger charge is -2.09. The van der Waals surface area contributed by atoms with Gasteiger partial charge in [-0.1, -0.05) is 36.4 Å². The van der Waals surface area contributed by atoms with Crippen molar-refractivity contribution >= 4 is 23.5 Å². The molecule has 1 unspecified atom stereocenters. The van der Waals surface area contributed by atoms with Crippen LogP contribution in [0.3, 0.4) is 0 Å². The molecule has 2 aromatic carbocycles. The van der Waals surface area contributed by atoms with E-state index in [1.54, 1.807) is 0 Å². The topological polar surface area (TPSA) is 12.0 Å². The Morgan fingerprint density at radius 1 is 1.05 bits per heavy atom. The second kappa shape index (κ2) is 7.21. The van der Waals surface area contributed by atoms with Crippen LogP contribution in [0.25, 0.3) is 0 Å². The third-order valence-electron chi connectivity index (χ3n) is 3.38. The van der Waals surface area contributed by atoms with Gasteiger partial charge in [-0.25, -0.2) is 0 Å². The average Bonchev–Trinajstić information content (AvgIpc) is 2.90. The number of thioether (sulfide) groups is 2. The summed E-state index contributed by atoms with van der Waals surface area (Å²) in [6, 6.07) is 19.4. The van der Waals surface area contributed by atoms with E-state index in [1.807, 2.05) is 23.5 Å². The molecule has 1 aliphatic rings. The van der Waals surface area contributed by atoms with E-state index in [4.69, 9.17) is 0 Å². The van der Waals surface area contributed by atoms with E-state index in [2.05, 4.69) is 59.9 Å². The molecule has 1 aliphatic heterocycles. The Bertz CT molecular complexity index is 517. The molecule has 2 aromatic rings. The van der Waals surface area contributed by atoms with Crippen molar-refractivity contribution in [1.82, 2.24) is 5.32 Å². The van der Waals surface area contributed by atoms with Crippen molar-refractivity contribution in [3.63, 3.8) is 0 Å². The van der Waals surface area contributed by atoms with Gasteiger partial charge in [-0.05, 0) is 30.2 Å². The van der Waals surface area contributed by atoms with Gasteiger partial charge >= 0.3 is 0 Å². The summed E-state index contributed by atoms with van der Waals surface area (Å²) in [5, 5.41) is 4.29. The summed E-state index contributed by atoms with van der Waals surface area (Å²) >= 11 is 3.94. The summed E-state index contributed by atoms with van der Waals surface area (Å²) in [6.07, 6.45) is 1.21. The highest BCUT2D eigenvalue weighted by atomic mass is 32.2. The Hall–Kier alpha value is -0.900. The first-order valence-electron chi connectivity index (χ1n) is 7.05. The third kappa shape index (κ3) is 3.81. The summed E-state index contributed by atoms with van der Waals surface area (Å²) in [7, 11) is 0. The van der Waals surface area contributed by atoms with Crippen molar-refractivity contribution < 1.29 is 0 Å². The van der Waals surface area contributed by atoms with Crippen molar-refractivity contribution in [2.24, 2.45) is 0 Å². The monoisotopic (exact) mass is 301 g/mol. The fourth-order valence-electron chi connectivity index (χ4n) is 2.39. The molecule has 3 rings (SSSR count). The first kappa shape index (κ1) is 14.1. The quantitative estimate of drug-likeness (QED) is 0.637. The zero-order valence-electron chi connectivity index (χ0n) is 11.4. The molecule has 104 valence electrons. The molecular weight excluding hydrogens is 282 g/mol. The number of hydrogen-bond donors (Lipinski definition) is 1. The van der Waals surface area contributed by atoms with E-state index in [1.165, 1.54) is 21.8 Å². The van der Waals surface area contributed by atoms with Crippen LogP contribution in [-0.4, -0.2) is 24.1 Å². The van der Waals surface area contributed by atoms with Crippen molar-refractivity contribution in [2.45, 2.75) is 21.5 Å². The van der Waals surface area contributed by atoms with Crippen LogP contribution in [0.4, 0.5) is 0 Å². The zero-order valence-corrected chi connectivity index (χ0v) is 13.1. The van der Waals surface area contributed by atoms with Crippen molar-refractivity contribution in [1.29, 1.82) is 0 Å². The highest BCUT2D eigenvalue weighted by Crippen LogP contribution is 2.36. The maximum Gasteiger partial charge on any atom is 0.0260 e. The van der Waals surface area contributed by atoms with Gasteiger partial charge < -0.3 is 5.32 Å². The number of rotatable bonds is 6. The van der Waals surface area contributed by atoms with Gasteiger partial charge in [0.2, 0.25) is 0 Å². The van der Waals surface area contributed by atoms with Gasteiger partial charge in [0, 0.05) is 33.9 Å². The van der Waals surface area contributed by atoms with Crippen molar-refractivity contribution in [3.8, 4) is 0 Å². The summed E-state index contributed by atoms with van der Waals surface area (Å²) < 4.78 is 0. The molecule has 0 saturated heterocycles. The van der Waals surface area contributed by atoms with E-state index in [9.17, 15) is 0 Å². The molecule has 1 atom stereocenters. The fourth-order valence-corrected chi connectivity index (χ4v) is 4.50. The Morgan fingerprint density at radius 2 is 1.85 bits per heavy atom. The molecule has 0 bridgehead atoms.